The van der Waals surface area contributed by atoms with Crippen LogP contribution in [0.1, 0.15) is 10.4 Å². The molecule has 0 aliphatic rings. The van der Waals surface area contributed by atoms with E-state index in [1.807, 2.05) is 42.6 Å². The van der Waals surface area contributed by atoms with Crippen molar-refractivity contribution in [3.05, 3.63) is 103 Å². The summed E-state index contributed by atoms with van der Waals surface area (Å²) in [7, 11) is 0. The summed E-state index contributed by atoms with van der Waals surface area (Å²) in [4.78, 5) is 24.5. The van der Waals surface area contributed by atoms with Crippen molar-refractivity contribution in [2.24, 2.45) is 0 Å². The van der Waals surface area contributed by atoms with Crippen molar-refractivity contribution >= 4 is 29.0 Å². The van der Waals surface area contributed by atoms with E-state index >= 15 is 0 Å². The van der Waals surface area contributed by atoms with E-state index in [-0.39, 0.29) is 11.9 Å². The molecule has 7 nitrogen and oxygen atoms in total. The Morgan fingerprint density at radius 2 is 1.27 bits per heavy atom. The maximum atomic E-state index is 12.5. The first-order valence-electron chi connectivity index (χ1n) is 9.32. The van der Waals surface area contributed by atoms with E-state index in [2.05, 4.69) is 21.0 Å². The summed E-state index contributed by atoms with van der Waals surface area (Å²) < 4.78 is 1.72. The maximum absolute atomic E-state index is 12.5. The van der Waals surface area contributed by atoms with Crippen molar-refractivity contribution in [1.82, 2.24) is 9.78 Å². The molecule has 0 aliphatic heterocycles. The highest BCUT2D eigenvalue weighted by atomic mass is 16.2. The van der Waals surface area contributed by atoms with Gasteiger partial charge in [-0.05, 0) is 66.7 Å². The minimum atomic E-state index is -0.338. The van der Waals surface area contributed by atoms with Gasteiger partial charge in [-0.1, -0.05) is 18.2 Å². The minimum absolute atomic E-state index is 0.218. The molecule has 3 N–H and O–H groups in total. The predicted molar refractivity (Wildman–Crippen MR) is 117 cm³/mol. The smallest absolute Gasteiger partial charge is 0.322 e. The van der Waals surface area contributed by atoms with Crippen LogP contribution in [0.5, 0.6) is 0 Å². The molecule has 0 radical (unpaired) electrons. The molecule has 0 saturated heterocycles. The average molecular weight is 397 g/mol. The summed E-state index contributed by atoms with van der Waals surface area (Å²) >= 11 is 0. The summed E-state index contributed by atoms with van der Waals surface area (Å²) in [5, 5.41) is 12.5. The number of rotatable bonds is 5. The van der Waals surface area contributed by atoms with E-state index in [4.69, 9.17) is 0 Å². The fraction of sp³-hybridized carbons (Fsp3) is 0. The molecule has 0 atom stereocenters. The van der Waals surface area contributed by atoms with Gasteiger partial charge in [-0.25, -0.2) is 9.48 Å². The van der Waals surface area contributed by atoms with Crippen LogP contribution in [-0.2, 0) is 0 Å². The zero-order valence-electron chi connectivity index (χ0n) is 15.9. The van der Waals surface area contributed by atoms with Crippen LogP contribution in [0.25, 0.3) is 5.69 Å². The lowest BCUT2D eigenvalue weighted by atomic mass is 10.2. The number of para-hydroxylation sites is 1. The number of hydrogen-bond donors (Lipinski definition) is 3. The van der Waals surface area contributed by atoms with Gasteiger partial charge >= 0.3 is 6.03 Å². The van der Waals surface area contributed by atoms with Crippen molar-refractivity contribution in [3.8, 4) is 5.69 Å². The highest BCUT2D eigenvalue weighted by Gasteiger charge is 2.08. The van der Waals surface area contributed by atoms with Gasteiger partial charge in [0.05, 0.1) is 5.69 Å². The SMILES string of the molecule is O=C(Nc1ccccc1)Nc1ccc(NC(=O)c2ccc(-n3cccn3)cc2)cc1. The first-order chi connectivity index (χ1) is 14.7. The molecule has 0 aliphatic carbocycles. The molecule has 4 aromatic rings. The van der Waals surface area contributed by atoms with Gasteiger partial charge in [0.2, 0.25) is 0 Å². The number of anilines is 3. The van der Waals surface area contributed by atoms with Crippen molar-refractivity contribution < 1.29 is 9.59 Å². The highest BCUT2D eigenvalue weighted by molar-refractivity contribution is 6.04. The summed E-state index contributed by atoms with van der Waals surface area (Å²) in [6, 6.07) is 24.7. The number of nitrogens with zero attached hydrogens (tertiary/aromatic N) is 2. The van der Waals surface area contributed by atoms with Gasteiger partial charge in [0, 0.05) is 35.0 Å². The zero-order chi connectivity index (χ0) is 20.8. The fourth-order valence-corrected chi connectivity index (χ4v) is 2.84. The van der Waals surface area contributed by atoms with Crippen LogP contribution in [0.4, 0.5) is 21.9 Å². The second-order valence-corrected chi connectivity index (χ2v) is 6.47. The van der Waals surface area contributed by atoms with Crippen LogP contribution in [-0.4, -0.2) is 21.7 Å². The third-order valence-electron chi connectivity index (χ3n) is 4.33. The van der Waals surface area contributed by atoms with Crippen LogP contribution >= 0.6 is 0 Å². The molecule has 30 heavy (non-hydrogen) atoms. The second-order valence-electron chi connectivity index (χ2n) is 6.47. The largest absolute Gasteiger partial charge is 0.323 e. The Balaban J connectivity index is 1.34. The van der Waals surface area contributed by atoms with E-state index in [1.165, 1.54) is 0 Å². The van der Waals surface area contributed by atoms with Crippen molar-refractivity contribution in [3.63, 3.8) is 0 Å². The number of hydrogen-bond acceptors (Lipinski definition) is 3. The number of carbonyl (C=O) groups excluding carboxylic acids is 2. The Bertz CT molecular complexity index is 1120. The second kappa shape index (κ2) is 8.74. The Morgan fingerprint density at radius 1 is 0.667 bits per heavy atom. The van der Waals surface area contributed by atoms with Gasteiger partial charge in [-0.3, -0.25) is 4.79 Å². The number of benzene rings is 3. The number of aromatic nitrogens is 2. The van der Waals surface area contributed by atoms with Gasteiger partial charge < -0.3 is 16.0 Å². The van der Waals surface area contributed by atoms with Crippen LogP contribution in [0.3, 0.4) is 0 Å². The summed E-state index contributed by atoms with van der Waals surface area (Å²) in [5.41, 5.74) is 3.36. The van der Waals surface area contributed by atoms with Crippen LogP contribution in [0.2, 0.25) is 0 Å². The third-order valence-corrected chi connectivity index (χ3v) is 4.33. The Morgan fingerprint density at radius 3 is 1.87 bits per heavy atom. The number of nitrogens with one attached hydrogen (secondary N) is 3. The first kappa shape index (κ1) is 18.9. The van der Waals surface area contributed by atoms with E-state index in [0.717, 1.165) is 5.69 Å². The summed E-state index contributed by atoms with van der Waals surface area (Å²) in [5.74, 6) is -0.218. The molecule has 4 rings (SSSR count). The molecule has 0 unspecified atom stereocenters. The molecular formula is C23H19N5O2. The first-order valence-corrected chi connectivity index (χ1v) is 9.32. The molecule has 7 heteroatoms. The molecule has 3 amide bonds. The van der Waals surface area contributed by atoms with E-state index < -0.39 is 0 Å². The average Bonchev–Trinajstić information content (AvgIpc) is 3.31. The van der Waals surface area contributed by atoms with Crippen molar-refractivity contribution in [2.45, 2.75) is 0 Å². The van der Waals surface area contributed by atoms with E-state index in [9.17, 15) is 9.59 Å². The van der Waals surface area contributed by atoms with Crippen LogP contribution in [0, 0.1) is 0 Å². The van der Waals surface area contributed by atoms with Crippen molar-refractivity contribution in [1.29, 1.82) is 0 Å². The number of urea groups is 1. The molecule has 148 valence electrons. The quantitative estimate of drug-likeness (QED) is 0.453. The normalized spacial score (nSPS) is 10.3. The minimum Gasteiger partial charge on any atom is -0.322 e. The van der Waals surface area contributed by atoms with Crippen LogP contribution in [0.15, 0.2) is 97.3 Å². The summed E-state index contributed by atoms with van der Waals surface area (Å²) in [6.07, 6.45) is 3.54. The van der Waals surface area contributed by atoms with Gasteiger partial charge in [-0.2, -0.15) is 5.10 Å². The molecular weight excluding hydrogens is 378 g/mol. The zero-order valence-corrected chi connectivity index (χ0v) is 15.9. The van der Waals surface area contributed by atoms with E-state index in [1.54, 1.807) is 59.4 Å². The van der Waals surface area contributed by atoms with Crippen molar-refractivity contribution in [2.75, 3.05) is 16.0 Å². The maximum Gasteiger partial charge on any atom is 0.323 e. The standard InChI is InChI=1S/C23H19N5O2/c29-22(17-7-13-21(14-8-17)28-16-4-15-24-28)25-19-9-11-20(12-10-19)27-23(30)26-18-5-2-1-3-6-18/h1-16H,(H,25,29)(H2,26,27,30). The highest BCUT2D eigenvalue weighted by Crippen LogP contribution is 2.16. The number of carbonyl (C=O) groups is 2. The Labute approximate surface area is 173 Å². The summed E-state index contributed by atoms with van der Waals surface area (Å²) in [6.45, 7) is 0. The molecule has 1 heterocycles. The Hall–Kier alpha value is -4.39. The predicted octanol–water partition coefficient (Wildman–Crippen LogP) is 4.77. The monoisotopic (exact) mass is 397 g/mol. The number of amides is 3. The molecule has 0 saturated carbocycles. The molecule has 0 bridgehead atoms. The molecule has 0 fully saturated rings. The van der Waals surface area contributed by atoms with Gasteiger partial charge in [0.15, 0.2) is 0 Å². The Kier molecular flexibility index (Phi) is 5.52. The molecule has 0 spiro atoms. The fourth-order valence-electron chi connectivity index (χ4n) is 2.84. The third kappa shape index (κ3) is 4.71. The topological polar surface area (TPSA) is 88.0 Å². The van der Waals surface area contributed by atoms with Gasteiger partial charge in [0.1, 0.15) is 0 Å². The lowest BCUT2D eigenvalue weighted by Gasteiger charge is -2.09. The van der Waals surface area contributed by atoms with Crippen LogP contribution < -0.4 is 16.0 Å². The lowest BCUT2D eigenvalue weighted by Crippen LogP contribution is -2.19. The lowest BCUT2D eigenvalue weighted by molar-refractivity contribution is 0.102. The van der Waals surface area contributed by atoms with Gasteiger partial charge in [0.25, 0.3) is 5.91 Å². The molecule has 3 aromatic carbocycles. The van der Waals surface area contributed by atoms with E-state index in [0.29, 0.717) is 22.6 Å². The van der Waals surface area contributed by atoms with Gasteiger partial charge in [-0.15, -0.1) is 0 Å². The molecule has 1 aromatic heterocycles.